The van der Waals surface area contributed by atoms with E-state index in [2.05, 4.69) is 19.1 Å². The van der Waals surface area contributed by atoms with Crippen molar-refractivity contribution in [2.45, 2.75) is 59.0 Å². The van der Waals surface area contributed by atoms with Crippen LogP contribution in [0.3, 0.4) is 0 Å². The molecule has 3 aliphatic carbocycles. The van der Waals surface area contributed by atoms with Crippen LogP contribution in [0.25, 0.3) is 5.57 Å². The second-order valence-corrected chi connectivity index (χ2v) is 8.21. The molecule has 0 spiro atoms. The van der Waals surface area contributed by atoms with Gasteiger partial charge in [-0.05, 0) is 72.8 Å². The summed E-state index contributed by atoms with van der Waals surface area (Å²) < 4.78 is 10.9. The first-order chi connectivity index (χ1) is 12.4. The number of allylic oxidation sites excluding steroid dienone is 2. The number of carbonyl (C=O) groups excluding carboxylic acids is 2. The fourth-order valence-electron chi connectivity index (χ4n) is 5.53. The highest BCUT2D eigenvalue weighted by molar-refractivity contribution is 5.75. The molecule has 4 nitrogen and oxygen atoms in total. The number of carbonyl (C=O) groups is 2. The van der Waals surface area contributed by atoms with Crippen LogP contribution in [0.5, 0.6) is 5.75 Å². The molecule has 4 atom stereocenters. The largest absolute Gasteiger partial charge is 0.462 e. The van der Waals surface area contributed by atoms with Crippen molar-refractivity contribution in [1.29, 1.82) is 0 Å². The van der Waals surface area contributed by atoms with E-state index in [0.717, 1.165) is 32.1 Å². The molecular formula is C22H26O4. The summed E-state index contributed by atoms with van der Waals surface area (Å²) in [7, 11) is 0. The molecule has 1 saturated carbocycles. The zero-order chi connectivity index (χ0) is 18.5. The predicted molar refractivity (Wildman–Crippen MR) is 98.5 cm³/mol. The van der Waals surface area contributed by atoms with E-state index in [1.807, 2.05) is 12.1 Å². The van der Waals surface area contributed by atoms with Crippen LogP contribution in [0.4, 0.5) is 0 Å². The first-order valence-corrected chi connectivity index (χ1v) is 9.57. The third kappa shape index (κ3) is 2.76. The molecule has 0 radical (unpaired) electrons. The standard InChI is InChI=1S/C22H26O4/c1-13(23)25-16-5-7-17-15(12-16)4-6-19-18(17)10-11-22(3)20(19)8-9-21(22)26-14(2)24/h5,7,10,12,19-21H,4,6,8-9,11H2,1-3H3/t19-,20+,21-,22+/m1/s1. The molecule has 3 aliphatic rings. The molecule has 26 heavy (non-hydrogen) atoms. The van der Waals surface area contributed by atoms with Gasteiger partial charge in [0.1, 0.15) is 11.9 Å². The fraction of sp³-hybridized carbons (Fsp3) is 0.545. The third-order valence-corrected chi connectivity index (χ3v) is 6.65. The molecule has 138 valence electrons. The maximum absolute atomic E-state index is 11.5. The van der Waals surface area contributed by atoms with Gasteiger partial charge in [0, 0.05) is 19.3 Å². The zero-order valence-corrected chi connectivity index (χ0v) is 15.7. The van der Waals surface area contributed by atoms with E-state index in [-0.39, 0.29) is 23.5 Å². The Morgan fingerprint density at radius 2 is 1.92 bits per heavy atom. The van der Waals surface area contributed by atoms with Gasteiger partial charge in [0.05, 0.1) is 0 Å². The lowest BCUT2D eigenvalue weighted by molar-refractivity contribution is -0.152. The van der Waals surface area contributed by atoms with Gasteiger partial charge in [-0.1, -0.05) is 19.1 Å². The van der Waals surface area contributed by atoms with Crippen molar-refractivity contribution >= 4 is 17.5 Å². The monoisotopic (exact) mass is 354 g/mol. The average Bonchev–Trinajstić information content (AvgIpc) is 2.90. The molecule has 0 aromatic heterocycles. The maximum atomic E-state index is 11.5. The van der Waals surface area contributed by atoms with Crippen LogP contribution in [0.1, 0.15) is 57.6 Å². The highest BCUT2D eigenvalue weighted by Crippen LogP contribution is 2.59. The average molecular weight is 354 g/mol. The molecule has 0 unspecified atom stereocenters. The van der Waals surface area contributed by atoms with Crippen LogP contribution >= 0.6 is 0 Å². The van der Waals surface area contributed by atoms with E-state index in [1.165, 1.54) is 30.5 Å². The lowest BCUT2D eigenvalue weighted by atomic mass is 9.60. The molecule has 0 heterocycles. The van der Waals surface area contributed by atoms with Gasteiger partial charge >= 0.3 is 11.9 Å². The highest BCUT2D eigenvalue weighted by Gasteiger charge is 2.53. The number of benzene rings is 1. The summed E-state index contributed by atoms with van der Waals surface area (Å²) in [6.45, 7) is 5.24. The minimum Gasteiger partial charge on any atom is -0.462 e. The second kappa shape index (κ2) is 6.26. The van der Waals surface area contributed by atoms with E-state index in [9.17, 15) is 9.59 Å². The minimum atomic E-state index is -0.284. The van der Waals surface area contributed by atoms with Gasteiger partial charge in [0.2, 0.25) is 0 Å². The third-order valence-electron chi connectivity index (χ3n) is 6.65. The Balaban J connectivity index is 1.65. The maximum Gasteiger partial charge on any atom is 0.308 e. The molecule has 1 aromatic carbocycles. The Labute approximate surface area is 154 Å². The van der Waals surface area contributed by atoms with E-state index in [0.29, 0.717) is 17.6 Å². The zero-order valence-electron chi connectivity index (χ0n) is 15.7. The Kier molecular flexibility index (Phi) is 4.17. The van der Waals surface area contributed by atoms with Crippen molar-refractivity contribution in [3.8, 4) is 5.75 Å². The van der Waals surface area contributed by atoms with Crippen molar-refractivity contribution in [3.05, 3.63) is 35.4 Å². The van der Waals surface area contributed by atoms with Gasteiger partial charge in [-0.3, -0.25) is 9.59 Å². The predicted octanol–water partition coefficient (Wildman–Crippen LogP) is 4.31. The Bertz CT molecular complexity index is 793. The first kappa shape index (κ1) is 17.3. The number of aryl methyl sites for hydroxylation is 1. The summed E-state index contributed by atoms with van der Waals surface area (Å²) in [5, 5.41) is 0. The van der Waals surface area contributed by atoms with Crippen molar-refractivity contribution in [3.63, 3.8) is 0 Å². The van der Waals surface area contributed by atoms with Gasteiger partial charge in [-0.25, -0.2) is 0 Å². The molecule has 0 aliphatic heterocycles. The normalized spacial score (nSPS) is 32.0. The lowest BCUT2D eigenvalue weighted by Gasteiger charge is -2.46. The smallest absolute Gasteiger partial charge is 0.308 e. The highest BCUT2D eigenvalue weighted by atomic mass is 16.5. The van der Waals surface area contributed by atoms with E-state index >= 15 is 0 Å². The summed E-state index contributed by atoms with van der Waals surface area (Å²) in [5.41, 5.74) is 4.06. The number of hydrogen-bond donors (Lipinski definition) is 0. The van der Waals surface area contributed by atoms with Crippen molar-refractivity contribution in [2.75, 3.05) is 0 Å². The molecular weight excluding hydrogens is 328 g/mol. The van der Waals surface area contributed by atoms with Crippen molar-refractivity contribution < 1.29 is 19.1 Å². The van der Waals surface area contributed by atoms with Crippen molar-refractivity contribution in [1.82, 2.24) is 0 Å². The fourth-order valence-corrected chi connectivity index (χ4v) is 5.53. The molecule has 1 fully saturated rings. The van der Waals surface area contributed by atoms with Crippen LogP contribution in [-0.4, -0.2) is 18.0 Å². The van der Waals surface area contributed by atoms with Gasteiger partial charge in [-0.2, -0.15) is 0 Å². The molecule has 0 N–H and O–H groups in total. The van der Waals surface area contributed by atoms with Crippen LogP contribution in [-0.2, 0) is 20.7 Å². The van der Waals surface area contributed by atoms with Crippen LogP contribution in [0.15, 0.2) is 24.3 Å². The Morgan fingerprint density at radius 3 is 2.65 bits per heavy atom. The number of rotatable bonds is 2. The quantitative estimate of drug-likeness (QED) is 0.587. The SMILES string of the molecule is CC(=O)Oc1ccc2c(c1)CC[C@@H]1C2=CC[C@]2(C)[C@H](OC(C)=O)CC[C@@H]12. The van der Waals surface area contributed by atoms with Gasteiger partial charge in [0.25, 0.3) is 0 Å². The summed E-state index contributed by atoms with van der Waals surface area (Å²) in [4.78, 5) is 22.7. The van der Waals surface area contributed by atoms with Crippen LogP contribution in [0.2, 0.25) is 0 Å². The van der Waals surface area contributed by atoms with E-state index in [1.54, 1.807) is 0 Å². The molecule has 4 rings (SSSR count). The molecule has 0 bridgehead atoms. The van der Waals surface area contributed by atoms with E-state index in [4.69, 9.17) is 9.47 Å². The summed E-state index contributed by atoms with van der Waals surface area (Å²) in [6.07, 6.45) is 7.55. The van der Waals surface area contributed by atoms with Crippen molar-refractivity contribution in [2.24, 2.45) is 17.3 Å². The lowest BCUT2D eigenvalue weighted by Crippen LogP contribution is -2.41. The number of esters is 2. The molecule has 0 saturated heterocycles. The summed E-state index contributed by atoms with van der Waals surface area (Å²) >= 11 is 0. The van der Waals surface area contributed by atoms with Crippen LogP contribution < -0.4 is 4.74 Å². The molecule has 0 amide bonds. The van der Waals surface area contributed by atoms with Gasteiger partial charge in [-0.15, -0.1) is 0 Å². The van der Waals surface area contributed by atoms with Crippen LogP contribution in [0, 0.1) is 17.3 Å². The Hall–Kier alpha value is -2.10. The second-order valence-electron chi connectivity index (χ2n) is 8.21. The summed E-state index contributed by atoms with van der Waals surface area (Å²) in [5.74, 6) is 1.27. The molecule has 1 aromatic rings. The number of ether oxygens (including phenoxy) is 2. The Morgan fingerprint density at radius 1 is 1.12 bits per heavy atom. The minimum absolute atomic E-state index is 0.0375. The van der Waals surface area contributed by atoms with Gasteiger partial charge in [0.15, 0.2) is 0 Å². The number of hydrogen-bond acceptors (Lipinski definition) is 4. The van der Waals surface area contributed by atoms with E-state index < -0.39 is 0 Å². The number of fused-ring (bicyclic) bond motifs is 5. The first-order valence-electron chi connectivity index (χ1n) is 9.57. The molecule has 4 heteroatoms. The topological polar surface area (TPSA) is 52.6 Å². The summed E-state index contributed by atoms with van der Waals surface area (Å²) in [6, 6.07) is 6.01. The van der Waals surface area contributed by atoms with Gasteiger partial charge < -0.3 is 9.47 Å².